The minimum Gasteiger partial charge on any atom is -0.384 e. The third-order valence-corrected chi connectivity index (χ3v) is 4.14. The van der Waals surface area contributed by atoms with E-state index in [4.69, 9.17) is 0 Å². The molecule has 3 rings (SSSR count). The summed E-state index contributed by atoms with van der Waals surface area (Å²) in [5.74, 6) is -0.117. The predicted molar refractivity (Wildman–Crippen MR) is 100 cm³/mol. The lowest BCUT2D eigenvalue weighted by Crippen LogP contribution is -2.18. The molecule has 0 saturated heterocycles. The lowest BCUT2D eigenvalue weighted by molar-refractivity contribution is -0.383. The van der Waals surface area contributed by atoms with Gasteiger partial charge in [0.15, 0.2) is 0 Å². The van der Waals surface area contributed by atoms with Gasteiger partial charge in [-0.1, -0.05) is 12.1 Å². The number of hydrogen-bond acceptors (Lipinski definition) is 5. The van der Waals surface area contributed by atoms with Gasteiger partial charge in [0.1, 0.15) is 0 Å². The Labute approximate surface area is 150 Å². The number of carbonyl (C=O) groups is 1. The molecule has 132 valence electrons. The molecule has 2 N–H and O–H groups in total. The van der Waals surface area contributed by atoms with Crippen molar-refractivity contribution in [3.05, 3.63) is 76.1 Å². The Morgan fingerprint density at radius 2 is 2.04 bits per heavy atom. The van der Waals surface area contributed by atoms with Crippen LogP contribution in [0.1, 0.15) is 15.9 Å². The highest BCUT2D eigenvalue weighted by Gasteiger charge is 2.14. The summed E-state index contributed by atoms with van der Waals surface area (Å²) in [6, 6.07) is 12.4. The van der Waals surface area contributed by atoms with E-state index < -0.39 is 4.92 Å². The summed E-state index contributed by atoms with van der Waals surface area (Å²) in [5.41, 5.74) is 2.51. The Bertz CT molecular complexity index is 972. The van der Waals surface area contributed by atoms with Crippen LogP contribution in [0.3, 0.4) is 0 Å². The number of fused-ring (bicyclic) bond motifs is 1. The van der Waals surface area contributed by atoms with E-state index in [-0.39, 0.29) is 11.6 Å². The molecule has 0 atom stereocenters. The quantitative estimate of drug-likeness (QED) is 0.526. The van der Waals surface area contributed by atoms with Gasteiger partial charge in [-0.3, -0.25) is 19.9 Å². The SMILES string of the molecule is CNC(=O)c1cccc(CCNc2ccc([N+](=O)[O-])c3cnccc23)c1. The lowest BCUT2D eigenvalue weighted by atomic mass is 10.1. The van der Waals surface area contributed by atoms with E-state index in [9.17, 15) is 14.9 Å². The molecule has 2 aromatic carbocycles. The average Bonchev–Trinajstić information content (AvgIpc) is 2.67. The molecule has 7 nitrogen and oxygen atoms in total. The van der Waals surface area contributed by atoms with E-state index in [0.717, 1.165) is 16.6 Å². The number of pyridine rings is 1. The van der Waals surface area contributed by atoms with Crippen LogP contribution >= 0.6 is 0 Å². The number of hydrogen-bond donors (Lipinski definition) is 2. The van der Waals surface area contributed by atoms with Gasteiger partial charge >= 0.3 is 0 Å². The van der Waals surface area contributed by atoms with E-state index in [1.165, 1.54) is 12.3 Å². The topological polar surface area (TPSA) is 97.2 Å². The third-order valence-electron chi connectivity index (χ3n) is 4.14. The number of non-ortho nitro benzene ring substituents is 1. The van der Waals surface area contributed by atoms with E-state index in [1.54, 1.807) is 31.4 Å². The number of nitrogens with zero attached hydrogens (tertiary/aromatic N) is 2. The van der Waals surface area contributed by atoms with Crippen LogP contribution < -0.4 is 10.6 Å². The fourth-order valence-electron chi connectivity index (χ4n) is 2.84. The normalized spacial score (nSPS) is 10.5. The first-order valence-electron chi connectivity index (χ1n) is 8.16. The first kappa shape index (κ1) is 17.3. The van der Waals surface area contributed by atoms with Crippen molar-refractivity contribution >= 4 is 28.1 Å². The first-order valence-corrected chi connectivity index (χ1v) is 8.16. The number of nitrogens with one attached hydrogen (secondary N) is 2. The van der Waals surface area contributed by atoms with Crippen molar-refractivity contribution in [2.24, 2.45) is 0 Å². The second kappa shape index (κ2) is 7.60. The average molecular weight is 350 g/mol. The molecule has 3 aromatic rings. The minimum atomic E-state index is -0.405. The number of carbonyl (C=O) groups excluding carboxylic acids is 1. The number of nitro benzene ring substituents is 1. The van der Waals surface area contributed by atoms with Crippen LogP contribution in [0.5, 0.6) is 0 Å². The minimum absolute atomic E-state index is 0.0388. The molecular formula is C19H18N4O3. The first-order chi connectivity index (χ1) is 12.6. The van der Waals surface area contributed by atoms with Gasteiger partial charge in [-0.15, -0.1) is 0 Å². The van der Waals surface area contributed by atoms with Crippen molar-refractivity contribution < 1.29 is 9.72 Å². The second-order valence-corrected chi connectivity index (χ2v) is 5.77. The molecule has 0 aliphatic heterocycles. The molecule has 0 fully saturated rings. The second-order valence-electron chi connectivity index (χ2n) is 5.77. The lowest BCUT2D eigenvalue weighted by Gasteiger charge is -2.10. The Kier molecular flexibility index (Phi) is 5.07. The van der Waals surface area contributed by atoms with Gasteiger partial charge in [-0.05, 0) is 36.2 Å². The standard InChI is InChI=1S/C19H18N4O3/c1-20-19(24)14-4-2-3-13(11-14)7-10-22-17-5-6-18(23(25)26)16-12-21-9-8-15(16)17/h2-6,8-9,11-12,22H,7,10H2,1H3,(H,20,24). The van der Waals surface area contributed by atoms with Gasteiger partial charge in [0.05, 0.1) is 10.3 Å². The zero-order valence-electron chi connectivity index (χ0n) is 14.2. The number of anilines is 1. The highest BCUT2D eigenvalue weighted by molar-refractivity contribution is 5.99. The zero-order chi connectivity index (χ0) is 18.5. The highest BCUT2D eigenvalue weighted by Crippen LogP contribution is 2.30. The van der Waals surface area contributed by atoms with E-state index >= 15 is 0 Å². The van der Waals surface area contributed by atoms with Gasteiger partial charge in [-0.2, -0.15) is 0 Å². The van der Waals surface area contributed by atoms with Crippen molar-refractivity contribution in [1.29, 1.82) is 0 Å². The Morgan fingerprint density at radius 3 is 2.81 bits per heavy atom. The van der Waals surface area contributed by atoms with E-state index in [2.05, 4.69) is 15.6 Å². The molecular weight excluding hydrogens is 332 g/mol. The number of aromatic nitrogens is 1. The van der Waals surface area contributed by atoms with Crippen molar-refractivity contribution in [3.63, 3.8) is 0 Å². The third kappa shape index (κ3) is 3.61. The van der Waals surface area contributed by atoms with Crippen LogP contribution in [0.25, 0.3) is 10.8 Å². The maximum Gasteiger partial charge on any atom is 0.278 e. The number of benzene rings is 2. The summed E-state index contributed by atoms with van der Waals surface area (Å²) in [7, 11) is 1.60. The summed E-state index contributed by atoms with van der Waals surface area (Å²) in [6.07, 6.45) is 3.84. The smallest absolute Gasteiger partial charge is 0.278 e. The van der Waals surface area contributed by atoms with Crippen LogP contribution in [0.4, 0.5) is 11.4 Å². The fraction of sp³-hybridized carbons (Fsp3) is 0.158. The molecule has 1 heterocycles. The molecule has 0 radical (unpaired) electrons. The van der Waals surface area contributed by atoms with Crippen LogP contribution in [0.2, 0.25) is 0 Å². The molecule has 1 amide bonds. The predicted octanol–water partition coefficient (Wildman–Crippen LogP) is 3.16. The molecule has 0 unspecified atom stereocenters. The molecule has 0 aliphatic carbocycles. The molecule has 0 bridgehead atoms. The molecule has 26 heavy (non-hydrogen) atoms. The van der Waals surface area contributed by atoms with Gasteiger partial charge in [0.2, 0.25) is 0 Å². The van der Waals surface area contributed by atoms with Crippen molar-refractivity contribution in [2.75, 3.05) is 18.9 Å². The molecule has 0 saturated carbocycles. The number of rotatable bonds is 6. The summed E-state index contributed by atoms with van der Waals surface area (Å²) in [6.45, 7) is 0.631. The summed E-state index contributed by atoms with van der Waals surface area (Å²) >= 11 is 0. The van der Waals surface area contributed by atoms with E-state index in [0.29, 0.717) is 23.9 Å². The molecule has 1 aromatic heterocycles. The van der Waals surface area contributed by atoms with Crippen LogP contribution in [-0.4, -0.2) is 29.4 Å². The molecule has 0 spiro atoms. The highest BCUT2D eigenvalue weighted by atomic mass is 16.6. The molecule has 7 heteroatoms. The van der Waals surface area contributed by atoms with Crippen LogP contribution in [0, 0.1) is 10.1 Å². The Morgan fingerprint density at radius 1 is 1.19 bits per heavy atom. The van der Waals surface area contributed by atoms with Crippen molar-refractivity contribution in [1.82, 2.24) is 10.3 Å². The van der Waals surface area contributed by atoms with Gasteiger partial charge in [0, 0.05) is 48.7 Å². The monoisotopic (exact) mass is 350 g/mol. The van der Waals surface area contributed by atoms with Crippen molar-refractivity contribution in [2.45, 2.75) is 6.42 Å². The maximum absolute atomic E-state index is 11.7. The van der Waals surface area contributed by atoms with Crippen LogP contribution in [0.15, 0.2) is 54.9 Å². The zero-order valence-corrected chi connectivity index (χ0v) is 14.2. The maximum atomic E-state index is 11.7. The van der Waals surface area contributed by atoms with Gasteiger partial charge in [0.25, 0.3) is 11.6 Å². The number of nitro groups is 1. The molecule has 0 aliphatic rings. The Hall–Kier alpha value is -3.48. The number of amides is 1. The van der Waals surface area contributed by atoms with Gasteiger partial charge in [-0.25, -0.2) is 0 Å². The van der Waals surface area contributed by atoms with Gasteiger partial charge < -0.3 is 10.6 Å². The summed E-state index contributed by atoms with van der Waals surface area (Å²) in [4.78, 5) is 26.5. The van der Waals surface area contributed by atoms with E-state index in [1.807, 2.05) is 18.2 Å². The Balaban J connectivity index is 1.76. The summed E-state index contributed by atoms with van der Waals surface area (Å²) < 4.78 is 0. The van der Waals surface area contributed by atoms with Crippen LogP contribution in [-0.2, 0) is 6.42 Å². The van der Waals surface area contributed by atoms with Crippen molar-refractivity contribution in [3.8, 4) is 0 Å². The fourth-order valence-corrected chi connectivity index (χ4v) is 2.84. The summed E-state index contributed by atoms with van der Waals surface area (Å²) in [5, 5.41) is 18.3. The largest absolute Gasteiger partial charge is 0.384 e.